The first-order valence-electron chi connectivity index (χ1n) is 11.8. The third kappa shape index (κ3) is 4.97. The van der Waals surface area contributed by atoms with E-state index in [-0.39, 0.29) is 23.4 Å². The zero-order valence-electron chi connectivity index (χ0n) is 20.6. The summed E-state index contributed by atoms with van der Waals surface area (Å²) in [7, 11) is 0. The number of nitriles is 1. The van der Waals surface area contributed by atoms with Crippen LogP contribution >= 0.6 is 0 Å². The Kier molecular flexibility index (Phi) is 7.53. The highest BCUT2D eigenvalue weighted by Gasteiger charge is 2.38. The second-order valence-electron chi connectivity index (χ2n) is 7.93. The van der Waals surface area contributed by atoms with Gasteiger partial charge in [-0.3, -0.25) is 14.3 Å². The molecule has 1 aliphatic rings. The van der Waals surface area contributed by atoms with Crippen LogP contribution in [0.4, 0.5) is 20.2 Å². The lowest BCUT2D eigenvalue weighted by atomic mass is 10.1. The summed E-state index contributed by atoms with van der Waals surface area (Å²) in [5, 5.41) is 15.9. The molecule has 0 spiro atoms. The van der Waals surface area contributed by atoms with Crippen LogP contribution in [-0.2, 0) is 12.5 Å². The Balaban J connectivity index is 0.00000164. The summed E-state index contributed by atoms with van der Waals surface area (Å²) >= 11 is 0. The summed E-state index contributed by atoms with van der Waals surface area (Å²) in [6, 6.07) is 15.1. The van der Waals surface area contributed by atoms with Crippen LogP contribution in [0.1, 0.15) is 51.6 Å². The van der Waals surface area contributed by atoms with Gasteiger partial charge in [0.15, 0.2) is 0 Å². The normalized spacial score (nSPS) is 12.6. The number of carbonyl (C=O) groups is 2. The molecule has 192 valence electrons. The molecule has 0 aliphatic carbocycles. The third-order valence-corrected chi connectivity index (χ3v) is 5.70. The quantitative estimate of drug-likeness (QED) is 0.414. The van der Waals surface area contributed by atoms with Gasteiger partial charge in [-0.25, -0.2) is 9.97 Å². The fourth-order valence-corrected chi connectivity index (χ4v) is 3.92. The molecule has 1 aliphatic heterocycles. The van der Waals surface area contributed by atoms with Crippen LogP contribution in [0.2, 0.25) is 0 Å². The second kappa shape index (κ2) is 11.0. The van der Waals surface area contributed by atoms with Crippen LogP contribution in [0.25, 0.3) is 0 Å². The lowest BCUT2D eigenvalue weighted by Crippen LogP contribution is -2.41. The van der Waals surface area contributed by atoms with Gasteiger partial charge in [-0.2, -0.15) is 19.1 Å². The maximum atomic E-state index is 14.8. The van der Waals surface area contributed by atoms with Gasteiger partial charge in [0.25, 0.3) is 11.8 Å². The van der Waals surface area contributed by atoms with E-state index in [1.54, 1.807) is 18.2 Å². The van der Waals surface area contributed by atoms with Gasteiger partial charge in [0.05, 0.1) is 29.9 Å². The molecule has 0 saturated heterocycles. The van der Waals surface area contributed by atoms with E-state index in [0.717, 1.165) is 0 Å². The van der Waals surface area contributed by atoms with Crippen molar-refractivity contribution in [3.05, 3.63) is 101 Å². The summed E-state index contributed by atoms with van der Waals surface area (Å²) in [6.07, 6.45) is 3.80. The Hall–Kier alpha value is -4.98. The SMILES string of the molecule is CC.N#Cc1cccc(NC(=O)c2cnn3c2C(=O)N(c2ccc(C(F)(F)c4ncccn4)cc2)CC3)c1. The highest BCUT2D eigenvalue weighted by atomic mass is 19.3. The van der Waals surface area contributed by atoms with E-state index in [9.17, 15) is 18.4 Å². The third-order valence-electron chi connectivity index (χ3n) is 5.70. The van der Waals surface area contributed by atoms with Gasteiger partial charge in [0.2, 0.25) is 5.82 Å². The number of hydrogen-bond acceptors (Lipinski definition) is 6. The number of benzene rings is 2. The van der Waals surface area contributed by atoms with Gasteiger partial charge >= 0.3 is 5.92 Å². The van der Waals surface area contributed by atoms with E-state index in [4.69, 9.17) is 5.26 Å². The van der Waals surface area contributed by atoms with E-state index in [0.29, 0.717) is 23.5 Å². The second-order valence-corrected chi connectivity index (χ2v) is 7.93. The molecule has 2 aromatic carbocycles. The summed E-state index contributed by atoms with van der Waals surface area (Å²) < 4.78 is 31.0. The van der Waals surface area contributed by atoms with E-state index in [1.165, 1.54) is 64.6 Å². The molecule has 11 heteroatoms. The van der Waals surface area contributed by atoms with Crippen molar-refractivity contribution in [2.24, 2.45) is 0 Å². The summed E-state index contributed by atoms with van der Waals surface area (Å²) in [5.41, 5.74) is 1.01. The molecule has 0 fully saturated rings. The summed E-state index contributed by atoms with van der Waals surface area (Å²) in [5.74, 6) is -5.06. The molecule has 0 bridgehead atoms. The van der Waals surface area contributed by atoms with E-state index in [1.807, 2.05) is 19.9 Å². The predicted molar refractivity (Wildman–Crippen MR) is 136 cm³/mol. The molecule has 38 heavy (non-hydrogen) atoms. The first-order chi connectivity index (χ1) is 18.4. The monoisotopic (exact) mass is 515 g/mol. The lowest BCUT2D eigenvalue weighted by molar-refractivity contribution is 0.0328. The van der Waals surface area contributed by atoms with Crippen LogP contribution in [-0.4, -0.2) is 38.1 Å². The minimum Gasteiger partial charge on any atom is -0.322 e. The van der Waals surface area contributed by atoms with Crippen LogP contribution in [0.15, 0.2) is 73.2 Å². The van der Waals surface area contributed by atoms with Crippen molar-refractivity contribution in [2.75, 3.05) is 16.8 Å². The molecular weight excluding hydrogens is 492 g/mol. The Bertz CT molecular complexity index is 1500. The standard InChI is InChI=1S/C25H17F2N7O2.C2H6/c26-25(27,24-29-9-2-10-30-24)17-5-7-19(8-6-17)33-11-12-34-21(23(33)36)20(15-31-34)22(35)32-18-4-1-3-16(13-18)14-28;1-2/h1-10,13,15H,11-12H2,(H,32,35);1-2H3. The van der Waals surface area contributed by atoms with Crippen LogP contribution in [0.5, 0.6) is 0 Å². The van der Waals surface area contributed by atoms with Crippen LogP contribution < -0.4 is 10.2 Å². The number of alkyl halides is 2. The van der Waals surface area contributed by atoms with Gasteiger partial charge < -0.3 is 10.2 Å². The molecule has 0 atom stereocenters. The van der Waals surface area contributed by atoms with Crippen molar-refractivity contribution < 1.29 is 18.4 Å². The highest BCUT2D eigenvalue weighted by molar-refractivity contribution is 6.15. The smallest absolute Gasteiger partial charge is 0.322 e. The number of hydrogen-bond donors (Lipinski definition) is 1. The minimum atomic E-state index is -3.40. The number of rotatable bonds is 5. The Morgan fingerprint density at radius 1 is 1.05 bits per heavy atom. The van der Waals surface area contributed by atoms with Gasteiger partial charge in [0.1, 0.15) is 5.69 Å². The van der Waals surface area contributed by atoms with Crippen molar-refractivity contribution in [1.82, 2.24) is 19.7 Å². The average molecular weight is 516 g/mol. The molecule has 9 nitrogen and oxygen atoms in total. The first kappa shape index (κ1) is 26.1. The van der Waals surface area contributed by atoms with Crippen LogP contribution in [0, 0.1) is 11.3 Å². The van der Waals surface area contributed by atoms with Crippen molar-refractivity contribution >= 4 is 23.2 Å². The number of nitrogens with zero attached hydrogens (tertiary/aromatic N) is 6. The fraction of sp³-hybridized carbons (Fsp3) is 0.185. The first-order valence-corrected chi connectivity index (χ1v) is 11.8. The number of halogens is 2. The van der Waals surface area contributed by atoms with Gasteiger partial charge in [-0.15, -0.1) is 0 Å². The van der Waals surface area contributed by atoms with Crippen molar-refractivity contribution in [1.29, 1.82) is 5.26 Å². The molecule has 0 saturated carbocycles. The minimum absolute atomic E-state index is 0.0661. The van der Waals surface area contributed by atoms with Gasteiger partial charge in [0, 0.05) is 35.9 Å². The number of nitrogens with one attached hydrogen (secondary N) is 1. The number of amides is 2. The Labute approximate surface area is 217 Å². The van der Waals surface area contributed by atoms with Gasteiger partial charge in [-0.1, -0.05) is 32.0 Å². The fourth-order valence-electron chi connectivity index (χ4n) is 3.92. The Morgan fingerprint density at radius 2 is 1.76 bits per heavy atom. The topological polar surface area (TPSA) is 117 Å². The molecule has 0 radical (unpaired) electrons. The molecule has 5 rings (SSSR count). The average Bonchev–Trinajstić information content (AvgIpc) is 3.40. The molecule has 0 unspecified atom stereocenters. The maximum absolute atomic E-state index is 14.8. The number of fused-ring (bicyclic) bond motifs is 1. The van der Waals surface area contributed by atoms with Crippen molar-refractivity contribution in [3.8, 4) is 6.07 Å². The Morgan fingerprint density at radius 3 is 2.45 bits per heavy atom. The number of anilines is 2. The van der Waals surface area contributed by atoms with Crippen molar-refractivity contribution in [3.63, 3.8) is 0 Å². The summed E-state index contributed by atoms with van der Waals surface area (Å²) in [6.45, 7) is 4.56. The number of aromatic nitrogens is 4. The predicted octanol–water partition coefficient (Wildman–Crippen LogP) is 4.62. The molecule has 1 N–H and O–H groups in total. The van der Waals surface area contributed by atoms with Crippen LogP contribution in [0.3, 0.4) is 0 Å². The molecule has 2 aromatic heterocycles. The zero-order chi connectivity index (χ0) is 27.3. The number of carbonyl (C=O) groups excluding carboxylic acids is 2. The zero-order valence-corrected chi connectivity index (χ0v) is 20.6. The van der Waals surface area contributed by atoms with E-state index >= 15 is 0 Å². The highest BCUT2D eigenvalue weighted by Crippen LogP contribution is 2.34. The summed E-state index contributed by atoms with van der Waals surface area (Å²) in [4.78, 5) is 34.9. The van der Waals surface area contributed by atoms with E-state index in [2.05, 4.69) is 20.4 Å². The molecule has 4 aromatic rings. The molecule has 3 heterocycles. The molecular formula is C27H23F2N7O2. The largest absolute Gasteiger partial charge is 0.331 e. The van der Waals surface area contributed by atoms with Crippen molar-refractivity contribution in [2.45, 2.75) is 26.3 Å². The van der Waals surface area contributed by atoms with E-state index < -0.39 is 23.6 Å². The van der Waals surface area contributed by atoms with Gasteiger partial charge in [-0.05, 0) is 36.4 Å². The molecule has 2 amide bonds. The lowest BCUT2D eigenvalue weighted by Gasteiger charge is -2.28. The maximum Gasteiger partial charge on any atom is 0.331 e.